The first-order valence-corrected chi connectivity index (χ1v) is 7.57. The summed E-state index contributed by atoms with van der Waals surface area (Å²) in [4.78, 5) is 12.5. The van der Waals surface area contributed by atoms with Crippen LogP contribution in [0, 0.1) is 12.8 Å². The molecule has 0 spiro atoms. The lowest BCUT2D eigenvalue weighted by atomic mass is 10.0. The quantitative estimate of drug-likeness (QED) is 0.874. The van der Waals surface area contributed by atoms with Crippen molar-refractivity contribution in [3.05, 3.63) is 51.7 Å². The zero-order chi connectivity index (χ0) is 14.7. The van der Waals surface area contributed by atoms with Gasteiger partial charge in [-0.1, -0.05) is 19.9 Å². The molecule has 1 aromatic heterocycles. The molecule has 1 heterocycles. The van der Waals surface area contributed by atoms with Gasteiger partial charge in [-0.25, -0.2) is 0 Å². The van der Waals surface area contributed by atoms with E-state index in [2.05, 4.69) is 36.7 Å². The van der Waals surface area contributed by atoms with Gasteiger partial charge in [0.05, 0.1) is 6.04 Å². The molecule has 1 unspecified atom stereocenters. The first-order valence-electron chi connectivity index (χ1n) is 6.69. The van der Waals surface area contributed by atoms with Crippen LogP contribution < -0.4 is 11.1 Å². The van der Waals surface area contributed by atoms with Crippen molar-refractivity contribution in [3.8, 4) is 0 Å². The van der Waals surface area contributed by atoms with Crippen molar-refractivity contribution in [2.45, 2.75) is 26.8 Å². The topological polar surface area (TPSA) is 55.1 Å². The molecular formula is C16H20N2OS. The van der Waals surface area contributed by atoms with Gasteiger partial charge in [0.1, 0.15) is 0 Å². The van der Waals surface area contributed by atoms with Crippen LogP contribution in [0.2, 0.25) is 0 Å². The Bertz CT molecular complexity index is 591. The molecule has 4 heteroatoms. The van der Waals surface area contributed by atoms with Crippen LogP contribution >= 0.6 is 11.3 Å². The number of primary amides is 1. The average molecular weight is 288 g/mol. The Hall–Kier alpha value is -1.81. The number of benzene rings is 1. The summed E-state index contributed by atoms with van der Waals surface area (Å²) < 4.78 is 0. The molecule has 3 N–H and O–H groups in total. The maximum absolute atomic E-state index is 11.2. The molecule has 0 fully saturated rings. The summed E-state index contributed by atoms with van der Waals surface area (Å²) in [6.07, 6.45) is 0. The SMILES string of the molecule is Cc1cc(C(N)=O)ccc1NC(c1cccs1)C(C)C. The molecule has 20 heavy (non-hydrogen) atoms. The van der Waals surface area contributed by atoms with Gasteiger partial charge in [-0.05, 0) is 48.1 Å². The lowest BCUT2D eigenvalue weighted by Crippen LogP contribution is -2.17. The minimum Gasteiger partial charge on any atom is -0.377 e. The van der Waals surface area contributed by atoms with Gasteiger partial charge < -0.3 is 11.1 Å². The fourth-order valence-electron chi connectivity index (χ4n) is 2.18. The number of carbonyl (C=O) groups excluding carboxylic acids is 1. The molecule has 3 nitrogen and oxygen atoms in total. The molecule has 1 atom stereocenters. The van der Waals surface area contributed by atoms with E-state index in [0.717, 1.165) is 11.3 Å². The van der Waals surface area contributed by atoms with Crippen molar-refractivity contribution in [3.63, 3.8) is 0 Å². The number of amides is 1. The zero-order valence-corrected chi connectivity index (χ0v) is 12.8. The molecule has 0 aliphatic heterocycles. The zero-order valence-electron chi connectivity index (χ0n) is 12.0. The average Bonchev–Trinajstić information content (AvgIpc) is 2.90. The molecule has 2 rings (SSSR count). The van der Waals surface area contributed by atoms with Crippen LogP contribution in [0.5, 0.6) is 0 Å². The minimum atomic E-state index is -0.390. The highest BCUT2D eigenvalue weighted by Crippen LogP contribution is 2.31. The third-order valence-corrected chi connectivity index (χ3v) is 4.29. The van der Waals surface area contributed by atoms with Crippen LogP contribution in [0.4, 0.5) is 5.69 Å². The molecular weight excluding hydrogens is 268 g/mol. The number of aryl methyl sites for hydroxylation is 1. The third kappa shape index (κ3) is 3.20. The summed E-state index contributed by atoms with van der Waals surface area (Å²) in [6, 6.07) is 10.0. The number of rotatable bonds is 5. The highest BCUT2D eigenvalue weighted by atomic mass is 32.1. The van der Waals surface area contributed by atoms with Crippen molar-refractivity contribution < 1.29 is 4.79 Å². The van der Waals surface area contributed by atoms with Gasteiger partial charge in [-0.15, -0.1) is 11.3 Å². The van der Waals surface area contributed by atoms with Crippen LogP contribution in [0.1, 0.15) is 40.7 Å². The lowest BCUT2D eigenvalue weighted by molar-refractivity contribution is 0.1000. The standard InChI is InChI=1S/C16H20N2OS/c1-10(2)15(14-5-4-8-20-14)18-13-7-6-12(16(17)19)9-11(13)3/h4-10,15,18H,1-3H3,(H2,17,19). The molecule has 0 aliphatic carbocycles. The molecule has 0 bridgehead atoms. The van der Waals surface area contributed by atoms with Crippen molar-refractivity contribution >= 4 is 22.9 Å². The van der Waals surface area contributed by atoms with Gasteiger partial charge in [0.2, 0.25) is 5.91 Å². The fraction of sp³-hybridized carbons (Fsp3) is 0.312. The highest BCUT2D eigenvalue weighted by Gasteiger charge is 2.17. The Morgan fingerprint density at radius 1 is 1.30 bits per heavy atom. The van der Waals surface area contributed by atoms with E-state index in [1.165, 1.54) is 4.88 Å². The maximum Gasteiger partial charge on any atom is 0.248 e. The van der Waals surface area contributed by atoms with Crippen molar-refractivity contribution in [2.24, 2.45) is 11.7 Å². The largest absolute Gasteiger partial charge is 0.377 e. The molecule has 0 saturated carbocycles. The number of anilines is 1. The van der Waals surface area contributed by atoms with E-state index in [-0.39, 0.29) is 6.04 Å². The molecule has 1 amide bonds. The van der Waals surface area contributed by atoms with Gasteiger partial charge in [0.25, 0.3) is 0 Å². The van der Waals surface area contributed by atoms with Crippen molar-refractivity contribution in [1.29, 1.82) is 0 Å². The Kier molecular flexibility index (Phi) is 4.45. The predicted molar refractivity (Wildman–Crippen MR) is 85.2 cm³/mol. The predicted octanol–water partition coefficient (Wildman–Crippen LogP) is 3.96. The Morgan fingerprint density at radius 2 is 2.05 bits per heavy atom. The van der Waals surface area contributed by atoms with Crippen LogP contribution in [-0.2, 0) is 0 Å². The van der Waals surface area contributed by atoms with Crippen LogP contribution in [-0.4, -0.2) is 5.91 Å². The molecule has 1 aromatic carbocycles. The number of nitrogens with two attached hydrogens (primary N) is 1. The van der Waals surface area contributed by atoms with Crippen LogP contribution in [0.25, 0.3) is 0 Å². The first-order chi connectivity index (χ1) is 9.49. The van der Waals surface area contributed by atoms with E-state index in [0.29, 0.717) is 11.5 Å². The summed E-state index contributed by atoms with van der Waals surface area (Å²) in [5.41, 5.74) is 7.92. The summed E-state index contributed by atoms with van der Waals surface area (Å²) in [5.74, 6) is 0.0854. The number of nitrogens with one attached hydrogen (secondary N) is 1. The summed E-state index contributed by atoms with van der Waals surface area (Å²) in [5, 5.41) is 5.67. The van der Waals surface area contributed by atoms with Gasteiger partial charge in [0, 0.05) is 16.1 Å². The van der Waals surface area contributed by atoms with Gasteiger partial charge in [0.15, 0.2) is 0 Å². The van der Waals surface area contributed by atoms with Crippen molar-refractivity contribution in [1.82, 2.24) is 0 Å². The lowest BCUT2D eigenvalue weighted by Gasteiger charge is -2.23. The Balaban J connectivity index is 2.25. The summed E-state index contributed by atoms with van der Waals surface area (Å²) >= 11 is 1.76. The number of carbonyl (C=O) groups is 1. The monoisotopic (exact) mass is 288 g/mol. The van der Waals surface area contributed by atoms with E-state index < -0.39 is 5.91 Å². The van der Waals surface area contributed by atoms with Crippen LogP contribution in [0.15, 0.2) is 35.7 Å². The molecule has 0 radical (unpaired) electrons. The summed E-state index contributed by atoms with van der Waals surface area (Å²) in [6.45, 7) is 6.38. The smallest absolute Gasteiger partial charge is 0.248 e. The second kappa shape index (κ2) is 6.09. The first kappa shape index (κ1) is 14.6. The van der Waals surface area contributed by atoms with Gasteiger partial charge >= 0.3 is 0 Å². The Labute approximate surface area is 123 Å². The normalized spacial score (nSPS) is 12.4. The van der Waals surface area contributed by atoms with Gasteiger partial charge in [-0.2, -0.15) is 0 Å². The second-order valence-corrected chi connectivity index (χ2v) is 6.25. The molecule has 2 aromatic rings. The number of hydrogen-bond donors (Lipinski definition) is 2. The number of thiophene rings is 1. The molecule has 0 aliphatic rings. The van der Waals surface area contributed by atoms with Gasteiger partial charge in [-0.3, -0.25) is 4.79 Å². The Morgan fingerprint density at radius 3 is 2.55 bits per heavy atom. The highest BCUT2D eigenvalue weighted by molar-refractivity contribution is 7.10. The van der Waals surface area contributed by atoms with E-state index in [1.54, 1.807) is 17.4 Å². The second-order valence-electron chi connectivity index (χ2n) is 5.28. The van der Waals surface area contributed by atoms with E-state index in [4.69, 9.17) is 5.73 Å². The van der Waals surface area contributed by atoms with Crippen LogP contribution in [0.3, 0.4) is 0 Å². The molecule has 0 saturated heterocycles. The van der Waals surface area contributed by atoms with E-state index in [1.807, 2.05) is 19.1 Å². The number of hydrogen-bond acceptors (Lipinski definition) is 3. The summed E-state index contributed by atoms with van der Waals surface area (Å²) in [7, 11) is 0. The van der Waals surface area contributed by atoms with E-state index in [9.17, 15) is 4.79 Å². The minimum absolute atomic E-state index is 0.271. The third-order valence-electron chi connectivity index (χ3n) is 3.34. The molecule has 106 valence electrons. The maximum atomic E-state index is 11.2. The fourth-order valence-corrected chi connectivity index (χ4v) is 3.13. The van der Waals surface area contributed by atoms with E-state index >= 15 is 0 Å². The van der Waals surface area contributed by atoms with Crippen molar-refractivity contribution in [2.75, 3.05) is 5.32 Å².